The second-order valence-corrected chi connectivity index (χ2v) is 6.27. The fraction of sp³-hybridized carbons (Fsp3) is 0.263. The monoisotopic (exact) mass is 430 g/mol. The van der Waals surface area contributed by atoms with E-state index in [0.29, 0.717) is 17.1 Å². The van der Waals surface area contributed by atoms with Gasteiger partial charge in [0.1, 0.15) is 0 Å². The number of hydrogen-bond donors (Lipinski definition) is 2. The van der Waals surface area contributed by atoms with Crippen LogP contribution in [0.3, 0.4) is 0 Å². The lowest BCUT2D eigenvalue weighted by atomic mass is 10.1. The Morgan fingerprint density at radius 3 is 1.93 bits per heavy atom. The van der Waals surface area contributed by atoms with E-state index in [1.807, 2.05) is 0 Å². The summed E-state index contributed by atoms with van der Waals surface area (Å²) in [5.41, 5.74) is -0.192. The molecule has 2 rings (SSSR count). The molecule has 2 aromatic rings. The molecule has 0 saturated carbocycles. The predicted molar refractivity (Wildman–Crippen MR) is 99.7 cm³/mol. The predicted octanol–water partition coefficient (Wildman–Crippen LogP) is 3.31. The minimum absolute atomic E-state index is 0.0474. The van der Waals surface area contributed by atoms with Crippen LogP contribution in [-0.4, -0.2) is 26.0 Å². The number of amides is 2. The first-order valence-electron chi connectivity index (χ1n) is 8.28. The Bertz CT molecular complexity index is 904. The summed E-state index contributed by atoms with van der Waals surface area (Å²) in [5, 5.41) is 4.24. The first kappa shape index (κ1) is 22.4. The number of nitrogens with one attached hydrogen (secondary N) is 2. The van der Waals surface area contributed by atoms with Crippen LogP contribution in [0.1, 0.15) is 16.7 Å². The van der Waals surface area contributed by atoms with Crippen molar-refractivity contribution in [3.8, 4) is 11.5 Å². The quantitative estimate of drug-likeness (QED) is 0.689. The van der Waals surface area contributed by atoms with Gasteiger partial charge in [0, 0.05) is 13.1 Å². The number of carbonyl (C=O) groups is 2. The summed E-state index contributed by atoms with van der Waals surface area (Å²) in [7, 11) is 2.95. The highest BCUT2D eigenvalue weighted by atomic mass is 35.5. The largest absolute Gasteiger partial charge is 0.493 e. The van der Waals surface area contributed by atoms with Crippen molar-refractivity contribution in [3.05, 3.63) is 58.1 Å². The average molecular weight is 431 g/mol. The molecule has 2 aromatic carbocycles. The van der Waals surface area contributed by atoms with E-state index in [1.165, 1.54) is 20.3 Å². The van der Waals surface area contributed by atoms with Crippen molar-refractivity contribution in [2.45, 2.75) is 19.3 Å². The molecule has 0 atom stereocenters. The van der Waals surface area contributed by atoms with E-state index in [9.17, 15) is 22.8 Å². The van der Waals surface area contributed by atoms with E-state index in [4.69, 9.17) is 21.1 Å². The number of halogens is 4. The highest BCUT2D eigenvalue weighted by Crippen LogP contribution is 2.35. The number of carbonyl (C=O) groups excluding carboxylic acids is 2. The molecule has 0 bridgehead atoms. The highest BCUT2D eigenvalue weighted by molar-refractivity contribution is 6.35. The summed E-state index contributed by atoms with van der Waals surface area (Å²) in [6.07, 6.45) is -4.62. The van der Waals surface area contributed by atoms with E-state index in [0.717, 1.165) is 12.1 Å². The second-order valence-electron chi connectivity index (χ2n) is 5.87. The Labute approximate surface area is 169 Å². The number of methoxy groups -OCH3 is 2. The first-order chi connectivity index (χ1) is 13.7. The maximum Gasteiger partial charge on any atom is 0.417 e. The molecule has 0 aliphatic carbocycles. The van der Waals surface area contributed by atoms with Crippen molar-refractivity contribution in [3.63, 3.8) is 0 Å². The van der Waals surface area contributed by atoms with Crippen LogP contribution in [0.15, 0.2) is 36.4 Å². The van der Waals surface area contributed by atoms with E-state index in [1.54, 1.807) is 18.2 Å². The van der Waals surface area contributed by atoms with Crippen molar-refractivity contribution in [2.75, 3.05) is 14.2 Å². The maximum absolute atomic E-state index is 12.9. The van der Waals surface area contributed by atoms with Crippen molar-refractivity contribution in [1.29, 1.82) is 0 Å². The van der Waals surface area contributed by atoms with Gasteiger partial charge in [0.05, 0.1) is 24.8 Å². The molecular weight excluding hydrogens is 413 g/mol. The Hall–Kier alpha value is -2.94. The Morgan fingerprint density at radius 2 is 1.41 bits per heavy atom. The molecule has 2 amide bonds. The van der Waals surface area contributed by atoms with E-state index < -0.39 is 28.6 Å². The van der Waals surface area contributed by atoms with Gasteiger partial charge in [-0.05, 0) is 35.4 Å². The minimum Gasteiger partial charge on any atom is -0.493 e. The zero-order valence-corrected chi connectivity index (χ0v) is 16.3. The van der Waals surface area contributed by atoms with Crippen molar-refractivity contribution in [1.82, 2.24) is 10.6 Å². The summed E-state index contributed by atoms with van der Waals surface area (Å²) in [6.45, 7) is -0.214. The van der Waals surface area contributed by atoms with Crippen molar-refractivity contribution < 1.29 is 32.2 Å². The van der Waals surface area contributed by atoms with Crippen LogP contribution in [0, 0.1) is 0 Å². The summed E-state index contributed by atoms with van der Waals surface area (Å²) in [6, 6.07) is 8.22. The maximum atomic E-state index is 12.9. The molecular formula is C19H18ClF3N2O4. The van der Waals surface area contributed by atoms with Crippen molar-refractivity contribution in [2.24, 2.45) is 0 Å². The fourth-order valence-electron chi connectivity index (χ4n) is 2.42. The van der Waals surface area contributed by atoms with Gasteiger partial charge in [-0.2, -0.15) is 13.2 Å². The van der Waals surface area contributed by atoms with Crippen LogP contribution in [0.5, 0.6) is 11.5 Å². The van der Waals surface area contributed by atoms with Gasteiger partial charge in [0.15, 0.2) is 11.5 Å². The van der Waals surface area contributed by atoms with Crippen LogP contribution in [-0.2, 0) is 28.9 Å². The minimum atomic E-state index is -4.62. The van der Waals surface area contributed by atoms with E-state index in [-0.39, 0.29) is 18.7 Å². The van der Waals surface area contributed by atoms with Crippen molar-refractivity contribution >= 4 is 23.4 Å². The third kappa shape index (κ3) is 6.02. The second kappa shape index (κ2) is 9.51. The van der Waals surface area contributed by atoms with Crippen LogP contribution < -0.4 is 20.1 Å². The molecule has 0 aliphatic heterocycles. The van der Waals surface area contributed by atoms with Gasteiger partial charge in [0.25, 0.3) is 0 Å². The number of rotatable bonds is 6. The normalized spacial score (nSPS) is 11.0. The third-order valence-corrected chi connectivity index (χ3v) is 4.23. The molecule has 0 aromatic heterocycles. The Kier molecular flexibility index (Phi) is 7.33. The zero-order chi connectivity index (χ0) is 21.6. The molecule has 29 heavy (non-hydrogen) atoms. The van der Waals surface area contributed by atoms with Gasteiger partial charge in [-0.1, -0.05) is 23.7 Å². The van der Waals surface area contributed by atoms with E-state index in [2.05, 4.69) is 10.6 Å². The lowest BCUT2D eigenvalue weighted by molar-refractivity contribution is -0.139. The number of benzene rings is 2. The molecule has 0 heterocycles. The van der Waals surface area contributed by atoms with Crippen LogP contribution in [0.25, 0.3) is 0 Å². The SMILES string of the molecule is COc1ccc(CNC(=O)C(=O)NCc2ccc(Cl)c(C(F)(F)F)c2)cc1OC. The topological polar surface area (TPSA) is 76.7 Å². The molecule has 156 valence electrons. The molecule has 10 heteroatoms. The van der Waals surface area contributed by atoms with Crippen LogP contribution in [0.4, 0.5) is 13.2 Å². The van der Waals surface area contributed by atoms with Crippen LogP contribution >= 0.6 is 11.6 Å². The van der Waals surface area contributed by atoms with Gasteiger partial charge in [-0.15, -0.1) is 0 Å². The molecule has 0 aliphatic rings. The summed E-state index contributed by atoms with van der Waals surface area (Å²) < 4.78 is 48.9. The zero-order valence-electron chi connectivity index (χ0n) is 15.5. The van der Waals surface area contributed by atoms with E-state index >= 15 is 0 Å². The third-order valence-electron chi connectivity index (χ3n) is 3.90. The average Bonchev–Trinajstić information content (AvgIpc) is 2.69. The standard InChI is InChI=1S/C19H18ClF3N2O4/c1-28-15-6-4-12(8-16(15)29-2)10-25-18(27)17(26)24-9-11-3-5-14(20)13(7-11)19(21,22)23/h3-8H,9-10H2,1-2H3,(H,24,26)(H,25,27). The fourth-order valence-corrected chi connectivity index (χ4v) is 2.64. The summed E-state index contributed by atoms with van der Waals surface area (Å²) in [4.78, 5) is 23.8. The van der Waals surface area contributed by atoms with Crippen LogP contribution in [0.2, 0.25) is 5.02 Å². The molecule has 0 unspecified atom stereocenters. The Morgan fingerprint density at radius 1 is 0.897 bits per heavy atom. The summed E-state index contributed by atoms with van der Waals surface area (Å²) >= 11 is 5.55. The molecule has 6 nitrogen and oxygen atoms in total. The number of ether oxygens (including phenoxy) is 2. The molecule has 0 radical (unpaired) electrons. The molecule has 0 spiro atoms. The number of hydrogen-bond acceptors (Lipinski definition) is 4. The smallest absolute Gasteiger partial charge is 0.417 e. The van der Waals surface area contributed by atoms with Gasteiger partial charge in [-0.3, -0.25) is 9.59 Å². The number of alkyl halides is 3. The molecule has 0 saturated heterocycles. The highest BCUT2D eigenvalue weighted by Gasteiger charge is 2.33. The Balaban J connectivity index is 1.92. The van der Waals surface area contributed by atoms with Gasteiger partial charge < -0.3 is 20.1 Å². The van der Waals surface area contributed by atoms with Gasteiger partial charge >= 0.3 is 18.0 Å². The first-order valence-corrected chi connectivity index (χ1v) is 8.66. The summed E-state index contributed by atoms with van der Waals surface area (Å²) in [5.74, 6) is -0.924. The lowest BCUT2D eigenvalue weighted by Gasteiger charge is -2.12. The molecule has 0 fully saturated rings. The lowest BCUT2D eigenvalue weighted by Crippen LogP contribution is -2.39. The van der Waals surface area contributed by atoms with Gasteiger partial charge in [-0.25, -0.2) is 0 Å². The molecule has 2 N–H and O–H groups in total. The van der Waals surface area contributed by atoms with Gasteiger partial charge in [0.2, 0.25) is 0 Å².